The molecule has 4 rings (SSSR count). The summed E-state index contributed by atoms with van der Waals surface area (Å²) in [6, 6.07) is 12.9. The number of imidazole rings is 1. The maximum atomic E-state index is 13.3. The lowest BCUT2D eigenvalue weighted by Gasteiger charge is -2.32. The summed E-state index contributed by atoms with van der Waals surface area (Å²) in [6.45, 7) is 7.40. The van der Waals surface area contributed by atoms with Crippen LogP contribution in [0.5, 0.6) is 0 Å². The molecule has 1 atom stereocenters. The highest BCUT2D eigenvalue weighted by atomic mass is 32.2. The molecule has 2 heterocycles. The van der Waals surface area contributed by atoms with Crippen LogP contribution < -0.4 is 0 Å². The molecule has 3 aromatic rings. The summed E-state index contributed by atoms with van der Waals surface area (Å²) >= 11 is 0. The highest BCUT2D eigenvalue weighted by Crippen LogP contribution is 2.28. The first-order valence-corrected chi connectivity index (χ1v) is 12.6. The number of rotatable bonds is 6. The van der Waals surface area contributed by atoms with Crippen molar-refractivity contribution in [3.63, 3.8) is 0 Å². The molecule has 0 spiro atoms. The van der Waals surface area contributed by atoms with E-state index in [1.807, 2.05) is 43.0 Å². The second-order valence-electron chi connectivity index (χ2n) is 8.30. The van der Waals surface area contributed by atoms with E-state index >= 15 is 0 Å². The van der Waals surface area contributed by atoms with E-state index in [1.54, 1.807) is 19.1 Å². The lowest BCUT2D eigenvalue weighted by atomic mass is 9.96. The van der Waals surface area contributed by atoms with E-state index in [0.29, 0.717) is 37.3 Å². The van der Waals surface area contributed by atoms with Gasteiger partial charge < -0.3 is 9.88 Å². The smallest absolute Gasteiger partial charge is 0.253 e. The van der Waals surface area contributed by atoms with E-state index in [4.69, 9.17) is 4.98 Å². The summed E-state index contributed by atoms with van der Waals surface area (Å²) in [5.74, 6) is 0.892. The summed E-state index contributed by atoms with van der Waals surface area (Å²) in [4.78, 5) is 23.5. The first-order valence-electron chi connectivity index (χ1n) is 11.2. The van der Waals surface area contributed by atoms with Crippen molar-refractivity contribution in [3.05, 3.63) is 59.4 Å². The van der Waals surface area contributed by atoms with Gasteiger partial charge in [0.05, 0.1) is 15.9 Å². The number of likely N-dealkylation sites (tertiary alicyclic amines) is 1. The third-order valence-electron chi connectivity index (χ3n) is 6.26. The van der Waals surface area contributed by atoms with Crippen LogP contribution in [0.15, 0.2) is 47.4 Å². The summed E-state index contributed by atoms with van der Waals surface area (Å²) in [6.07, 6.45) is 1.84. The Labute approximate surface area is 189 Å². The number of aromatic amines is 1. The third kappa shape index (κ3) is 4.17. The van der Waals surface area contributed by atoms with Gasteiger partial charge >= 0.3 is 0 Å². The Kier molecular flexibility index (Phi) is 6.35. The van der Waals surface area contributed by atoms with Crippen LogP contribution in [-0.2, 0) is 10.0 Å². The molecule has 1 aliphatic rings. The van der Waals surface area contributed by atoms with Crippen molar-refractivity contribution >= 4 is 27.0 Å². The molecule has 32 heavy (non-hydrogen) atoms. The fraction of sp³-hybridized carbons (Fsp3) is 0.417. The van der Waals surface area contributed by atoms with Gasteiger partial charge in [0.25, 0.3) is 5.91 Å². The zero-order valence-electron chi connectivity index (χ0n) is 18.8. The number of nitrogens with zero attached hydrogens (tertiary/aromatic N) is 3. The van der Waals surface area contributed by atoms with Crippen molar-refractivity contribution in [1.29, 1.82) is 0 Å². The molecule has 1 aromatic heterocycles. The van der Waals surface area contributed by atoms with E-state index in [0.717, 1.165) is 29.7 Å². The fourth-order valence-electron chi connectivity index (χ4n) is 4.45. The van der Waals surface area contributed by atoms with Crippen molar-refractivity contribution in [2.45, 2.75) is 44.4 Å². The predicted molar refractivity (Wildman–Crippen MR) is 125 cm³/mol. The van der Waals surface area contributed by atoms with Crippen molar-refractivity contribution in [2.24, 2.45) is 0 Å². The average molecular weight is 455 g/mol. The lowest BCUT2D eigenvalue weighted by Crippen LogP contribution is -2.39. The van der Waals surface area contributed by atoms with Crippen LogP contribution in [0.25, 0.3) is 11.0 Å². The Balaban J connectivity index is 1.59. The molecule has 0 saturated carbocycles. The molecule has 1 fully saturated rings. The Morgan fingerprint density at radius 2 is 1.94 bits per heavy atom. The van der Waals surface area contributed by atoms with Gasteiger partial charge in [0.15, 0.2) is 0 Å². The minimum absolute atomic E-state index is 0.129. The maximum Gasteiger partial charge on any atom is 0.253 e. The number of carbonyl (C=O) groups is 1. The second-order valence-corrected chi connectivity index (χ2v) is 10.2. The molecule has 0 radical (unpaired) electrons. The van der Waals surface area contributed by atoms with Gasteiger partial charge in [-0.1, -0.05) is 32.0 Å². The zero-order valence-corrected chi connectivity index (χ0v) is 19.7. The van der Waals surface area contributed by atoms with Gasteiger partial charge in [0.2, 0.25) is 10.0 Å². The highest BCUT2D eigenvalue weighted by Gasteiger charge is 2.29. The number of fused-ring (bicyclic) bond motifs is 1. The number of sulfonamides is 1. The summed E-state index contributed by atoms with van der Waals surface area (Å²) in [7, 11) is -3.64. The Morgan fingerprint density at radius 1 is 1.19 bits per heavy atom. The number of hydrogen-bond donors (Lipinski definition) is 1. The van der Waals surface area contributed by atoms with Gasteiger partial charge in [0.1, 0.15) is 5.82 Å². The number of carbonyl (C=O) groups excluding carboxylic acids is 1. The number of nitrogens with one attached hydrogen (secondary N) is 1. The van der Waals surface area contributed by atoms with Crippen LogP contribution in [0, 0.1) is 6.92 Å². The lowest BCUT2D eigenvalue weighted by molar-refractivity contribution is 0.0704. The number of para-hydroxylation sites is 2. The standard InChI is InChI=1S/C24H30N4O3S/c1-4-28(5-2)32(30,31)22-15-18(13-12-17(22)3)24(29)27-14-8-9-19(16-27)23-25-20-10-6-7-11-21(20)26-23/h6-7,10-13,15,19H,4-5,8-9,14,16H2,1-3H3,(H,25,26). The first kappa shape index (κ1) is 22.5. The van der Waals surface area contributed by atoms with Crippen LogP contribution in [0.1, 0.15) is 54.4 Å². The Hall–Kier alpha value is -2.71. The van der Waals surface area contributed by atoms with Crippen LogP contribution >= 0.6 is 0 Å². The minimum Gasteiger partial charge on any atom is -0.342 e. The topological polar surface area (TPSA) is 86.4 Å². The van der Waals surface area contributed by atoms with E-state index in [9.17, 15) is 13.2 Å². The van der Waals surface area contributed by atoms with Gasteiger partial charge in [-0.15, -0.1) is 0 Å². The van der Waals surface area contributed by atoms with Crippen molar-refractivity contribution in [2.75, 3.05) is 26.2 Å². The Bertz CT molecular complexity index is 1200. The molecular weight excluding hydrogens is 424 g/mol. The molecule has 8 heteroatoms. The number of hydrogen-bond acceptors (Lipinski definition) is 4. The highest BCUT2D eigenvalue weighted by molar-refractivity contribution is 7.89. The van der Waals surface area contributed by atoms with Gasteiger partial charge in [-0.3, -0.25) is 4.79 Å². The second kappa shape index (κ2) is 9.03. The molecule has 1 aliphatic heterocycles. The Morgan fingerprint density at radius 3 is 2.66 bits per heavy atom. The number of benzene rings is 2. The minimum atomic E-state index is -3.64. The van der Waals surface area contributed by atoms with E-state index in [1.165, 1.54) is 10.4 Å². The number of piperidine rings is 1. The van der Waals surface area contributed by atoms with E-state index < -0.39 is 10.0 Å². The number of H-pyrrole nitrogens is 1. The van der Waals surface area contributed by atoms with E-state index in [2.05, 4.69) is 4.98 Å². The van der Waals surface area contributed by atoms with E-state index in [-0.39, 0.29) is 16.7 Å². The molecule has 1 unspecified atom stereocenters. The van der Waals surface area contributed by atoms with Crippen LogP contribution in [-0.4, -0.2) is 59.7 Å². The van der Waals surface area contributed by atoms with Gasteiger partial charge in [-0.2, -0.15) is 4.31 Å². The normalized spacial score (nSPS) is 17.2. The SMILES string of the molecule is CCN(CC)S(=O)(=O)c1cc(C(=O)N2CCCC(c3nc4ccccc4[nH]3)C2)ccc1C. The van der Waals surface area contributed by atoms with Crippen LogP contribution in [0.3, 0.4) is 0 Å². The third-order valence-corrected chi connectivity index (χ3v) is 8.45. The van der Waals surface area contributed by atoms with Gasteiger partial charge in [0, 0.05) is 37.7 Å². The first-order chi connectivity index (χ1) is 15.3. The molecule has 1 saturated heterocycles. The van der Waals surface area contributed by atoms with Gasteiger partial charge in [-0.25, -0.2) is 13.4 Å². The van der Waals surface area contributed by atoms with Crippen LogP contribution in [0.2, 0.25) is 0 Å². The molecule has 1 N–H and O–H groups in total. The van der Waals surface area contributed by atoms with Crippen molar-refractivity contribution in [3.8, 4) is 0 Å². The summed E-state index contributed by atoms with van der Waals surface area (Å²) in [5.41, 5.74) is 2.98. The van der Waals surface area contributed by atoms with Crippen molar-refractivity contribution < 1.29 is 13.2 Å². The molecule has 0 aliphatic carbocycles. The predicted octanol–water partition coefficient (Wildman–Crippen LogP) is 3.92. The largest absolute Gasteiger partial charge is 0.342 e. The van der Waals surface area contributed by atoms with Gasteiger partial charge in [-0.05, 0) is 49.6 Å². The van der Waals surface area contributed by atoms with Crippen molar-refractivity contribution in [1.82, 2.24) is 19.2 Å². The number of amides is 1. The fourth-order valence-corrected chi connectivity index (χ4v) is 6.16. The zero-order chi connectivity index (χ0) is 22.9. The molecule has 1 amide bonds. The average Bonchev–Trinajstić information content (AvgIpc) is 3.24. The molecule has 0 bridgehead atoms. The molecule has 2 aromatic carbocycles. The summed E-state index contributed by atoms with van der Waals surface area (Å²) in [5, 5.41) is 0. The van der Waals surface area contributed by atoms with Crippen LogP contribution in [0.4, 0.5) is 0 Å². The monoisotopic (exact) mass is 454 g/mol. The molecular formula is C24H30N4O3S. The quantitative estimate of drug-likeness (QED) is 0.612. The summed E-state index contributed by atoms with van der Waals surface area (Å²) < 4.78 is 27.6. The maximum absolute atomic E-state index is 13.3. The number of aryl methyl sites for hydroxylation is 1. The number of aromatic nitrogens is 2. The molecule has 170 valence electrons. The molecule has 7 nitrogen and oxygen atoms in total.